The molecule has 0 amide bonds. The fourth-order valence-corrected chi connectivity index (χ4v) is 4.53. The van der Waals surface area contributed by atoms with E-state index in [2.05, 4.69) is 20.6 Å². The Bertz CT molecular complexity index is 1090. The van der Waals surface area contributed by atoms with Crippen LogP contribution in [-0.4, -0.2) is 49.4 Å². The van der Waals surface area contributed by atoms with Gasteiger partial charge in [-0.1, -0.05) is 12.5 Å². The van der Waals surface area contributed by atoms with Crippen molar-refractivity contribution in [1.82, 2.24) is 25.3 Å². The molecule has 162 valence electrons. The van der Waals surface area contributed by atoms with Crippen LogP contribution in [0.4, 0.5) is 8.78 Å². The maximum atomic E-state index is 14.7. The number of nitrogens with zero attached hydrogens (tertiary/aromatic N) is 4. The van der Waals surface area contributed by atoms with E-state index in [-0.39, 0.29) is 23.7 Å². The number of aromatic nitrogens is 4. The Labute approximate surface area is 178 Å². The maximum absolute atomic E-state index is 14.7. The molecular weight excluding hydrogens is 404 g/mol. The average Bonchev–Trinajstić information content (AvgIpc) is 3.11. The van der Waals surface area contributed by atoms with Gasteiger partial charge in [0.15, 0.2) is 6.17 Å². The molecule has 0 aliphatic carbocycles. The minimum Gasteiger partial charge on any atom is -0.507 e. The van der Waals surface area contributed by atoms with Crippen LogP contribution in [-0.2, 0) is 7.05 Å². The van der Waals surface area contributed by atoms with E-state index in [1.807, 2.05) is 0 Å². The van der Waals surface area contributed by atoms with Gasteiger partial charge in [-0.15, -0.1) is 15.3 Å². The van der Waals surface area contributed by atoms with Gasteiger partial charge in [-0.05, 0) is 36.6 Å². The molecule has 31 heavy (non-hydrogen) atoms. The smallest absolute Gasteiger partial charge is 0.240 e. The molecule has 2 aliphatic heterocycles. The first-order valence-corrected chi connectivity index (χ1v) is 10.4. The molecule has 1 aromatic carbocycles. The third kappa shape index (κ3) is 3.85. The third-order valence-corrected chi connectivity index (χ3v) is 6.05. The summed E-state index contributed by atoms with van der Waals surface area (Å²) in [6.07, 6.45) is 3.42. The molecule has 4 heterocycles. The van der Waals surface area contributed by atoms with E-state index in [0.29, 0.717) is 28.8 Å². The molecule has 2 saturated heterocycles. The largest absolute Gasteiger partial charge is 0.507 e. The van der Waals surface area contributed by atoms with Gasteiger partial charge in [0.1, 0.15) is 11.9 Å². The van der Waals surface area contributed by atoms with Crippen molar-refractivity contribution >= 4 is 0 Å². The third-order valence-electron chi connectivity index (χ3n) is 6.05. The molecule has 2 aliphatic rings. The number of piperidine rings is 2. The second kappa shape index (κ2) is 7.88. The normalized spacial score (nSPS) is 25.4. The van der Waals surface area contributed by atoms with E-state index >= 15 is 0 Å². The lowest BCUT2D eigenvalue weighted by Gasteiger charge is -2.42. The lowest BCUT2D eigenvalue weighted by molar-refractivity contribution is 0.00652. The van der Waals surface area contributed by atoms with Crippen LogP contribution in [0.25, 0.3) is 22.4 Å². The summed E-state index contributed by atoms with van der Waals surface area (Å²) >= 11 is 0. The van der Waals surface area contributed by atoms with Gasteiger partial charge in [-0.2, -0.15) is 4.39 Å². The maximum Gasteiger partial charge on any atom is 0.240 e. The Morgan fingerprint density at radius 2 is 2.03 bits per heavy atom. The number of hydrogen-bond donors (Lipinski definition) is 2. The van der Waals surface area contributed by atoms with Crippen LogP contribution in [0, 0.1) is 5.95 Å². The van der Waals surface area contributed by atoms with Crippen LogP contribution in [0.2, 0.25) is 0 Å². The Morgan fingerprint density at radius 1 is 1.16 bits per heavy atom. The predicted octanol–water partition coefficient (Wildman–Crippen LogP) is 3.39. The molecule has 9 heteroatoms. The molecule has 0 spiro atoms. The highest BCUT2D eigenvalue weighted by molar-refractivity contribution is 5.73. The van der Waals surface area contributed by atoms with Crippen molar-refractivity contribution < 1.29 is 18.6 Å². The Hall–Kier alpha value is -3.07. The van der Waals surface area contributed by atoms with Gasteiger partial charge in [0.2, 0.25) is 11.8 Å². The van der Waals surface area contributed by atoms with Crippen molar-refractivity contribution in [3.63, 3.8) is 0 Å². The van der Waals surface area contributed by atoms with Crippen molar-refractivity contribution in [3.05, 3.63) is 42.5 Å². The van der Waals surface area contributed by atoms with Crippen molar-refractivity contribution in [2.45, 2.75) is 50.0 Å². The van der Waals surface area contributed by atoms with Crippen LogP contribution < -0.4 is 10.1 Å². The van der Waals surface area contributed by atoms with E-state index < -0.39 is 18.2 Å². The predicted molar refractivity (Wildman–Crippen MR) is 110 cm³/mol. The van der Waals surface area contributed by atoms with E-state index in [0.717, 1.165) is 19.3 Å². The summed E-state index contributed by atoms with van der Waals surface area (Å²) in [4.78, 5) is 0. The molecule has 5 rings (SSSR count). The van der Waals surface area contributed by atoms with E-state index in [1.165, 1.54) is 10.7 Å². The number of aryl methyl sites for hydroxylation is 1. The molecule has 2 fully saturated rings. The Morgan fingerprint density at radius 3 is 2.74 bits per heavy atom. The molecule has 7 nitrogen and oxygen atoms in total. The number of phenolic OH excluding ortho intramolecular Hbond substituents is 1. The fraction of sp³-hybridized carbons (Fsp3) is 0.409. The monoisotopic (exact) mass is 427 g/mol. The van der Waals surface area contributed by atoms with Crippen LogP contribution >= 0.6 is 0 Å². The molecule has 3 aromatic rings. The lowest BCUT2D eigenvalue weighted by Crippen LogP contribution is -2.59. The van der Waals surface area contributed by atoms with Gasteiger partial charge >= 0.3 is 0 Å². The number of benzene rings is 1. The van der Waals surface area contributed by atoms with Crippen LogP contribution in [0.3, 0.4) is 0 Å². The number of aromatic hydroxyl groups is 1. The van der Waals surface area contributed by atoms with E-state index in [1.54, 1.807) is 37.5 Å². The average molecular weight is 427 g/mol. The van der Waals surface area contributed by atoms with Crippen LogP contribution in [0.5, 0.6) is 11.6 Å². The highest BCUT2D eigenvalue weighted by Crippen LogP contribution is 2.34. The summed E-state index contributed by atoms with van der Waals surface area (Å²) in [5.41, 5.74) is 1.69. The number of halogens is 2. The van der Waals surface area contributed by atoms with E-state index in [9.17, 15) is 13.9 Å². The first-order chi connectivity index (χ1) is 15.0. The number of alkyl halides is 1. The molecule has 4 atom stereocenters. The summed E-state index contributed by atoms with van der Waals surface area (Å²) in [5, 5.41) is 25.7. The first-order valence-electron chi connectivity index (χ1n) is 10.4. The zero-order valence-corrected chi connectivity index (χ0v) is 17.0. The van der Waals surface area contributed by atoms with Crippen LogP contribution in [0.1, 0.15) is 25.7 Å². The number of hydrogen-bond acceptors (Lipinski definition) is 6. The molecule has 0 radical (unpaired) electrons. The minimum atomic E-state index is -1.08. The summed E-state index contributed by atoms with van der Waals surface area (Å²) < 4.78 is 35.8. The zero-order chi connectivity index (χ0) is 21.5. The van der Waals surface area contributed by atoms with Gasteiger partial charge in [0.25, 0.3) is 0 Å². The number of nitrogens with one attached hydrogen (secondary N) is 1. The van der Waals surface area contributed by atoms with Crippen molar-refractivity contribution in [1.29, 1.82) is 0 Å². The van der Waals surface area contributed by atoms with Crippen molar-refractivity contribution in [2.75, 3.05) is 0 Å². The molecular formula is C22H23F2N5O2. The Kier molecular flexibility index (Phi) is 5.05. The molecule has 2 unspecified atom stereocenters. The second-order valence-electron chi connectivity index (χ2n) is 8.23. The highest BCUT2D eigenvalue weighted by Gasteiger charge is 2.41. The number of fused-ring (bicyclic) bond motifs is 2. The summed E-state index contributed by atoms with van der Waals surface area (Å²) in [6.45, 7) is 0. The lowest BCUT2D eigenvalue weighted by atomic mass is 9.84. The topological polar surface area (TPSA) is 85.1 Å². The molecule has 2 aromatic heterocycles. The Balaban J connectivity index is 1.32. The second-order valence-corrected chi connectivity index (χ2v) is 8.23. The number of ether oxygens (including phenoxy) is 1. The van der Waals surface area contributed by atoms with E-state index in [4.69, 9.17) is 4.74 Å². The van der Waals surface area contributed by atoms with Gasteiger partial charge in [-0.3, -0.25) is 4.68 Å². The quantitative estimate of drug-likeness (QED) is 0.664. The van der Waals surface area contributed by atoms with Gasteiger partial charge in [-0.25, -0.2) is 4.39 Å². The number of phenols is 1. The van der Waals surface area contributed by atoms with Crippen LogP contribution in [0.15, 0.2) is 36.5 Å². The van der Waals surface area contributed by atoms with Gasteiger partial charge in [0, 0.05) is 43.4 Å². The summed E-state index contributed by atoms with van der Waals surface area (Å²) in [6, 6.07) is 8.20. The zero-order valence-electron chi connectivity index (χ0n) is 17.0. The molecule has 0 saturated carbocycles. The number of rotatable bonds is 4. The first kappa shape index (κ1) is 19.9. The fourth-order valence-electron chi connectivity index (χ4n) is 4.53. The standard InChI is InChI=1S/C22H23F2N5O2/c1-29-11-15(22(24)28-29)12-5-6-14(18(30)9-12)16-7-8-20(27-26-16)31-19-10-13-3-2-4-17(25-13)21(19)23/h5-9,11,13,17,19,21,25,30H,2-4,10H2,1H3/t13?,17?,19-,21+/m0/s1. The molecule has 2 bridgehead atoms. The molecule has 2 N–H and O–H groups in total. The summed E-state index contributed by atoms with van der Waals surface area (Å²) in [7, 11) is 1.63. The van der Waals surface area contributed by atoms with Crippen molar-refractivity contribution in [2.24, 2.45) is 7.05 Å². The minimum absolute atomic E-state index is 0.0567. The highest BCUT2D eigenvalue weighted by atomic mass is 19.1. The summed E-state index contributed by atoms with van der Waals surface area (Å²) in [5.74, 6) is -0.409. The van der Waals surface area contributed by atoms with Gasteiger partial charge in [0.05, 0.1) is 11.3 Å². The SMILES string of the molecule is Cn1cc(-c2ccc(-c3ccc(O[C@H]4CC5CCCC(N5)[C@H]4F)nn3)c(O)c2)c(F)n1. The van der Waals surface area contributed by atoms with Crippen molar-refractivity contribution in [3.8, 4) is 34.0 Å². The van der Waals surface area contributed by atoms with Gasteiger partial charge < -0.3 is 15.2 Å².